The van der Waals surface area contributed by atoms with Crippen LogP contribution in [0.1, 0.15) is 94.5 Å². The smallest absolute Gasteiger partial charge is 0.306 e. The van der Waals surface area contributed by atoms with Gasteiger partial charge < -0.3 is 28.4 Å². The fourth-order valence-electron chi connectivity index (χ4n) is 4.89. The fraction of sp³-hybridized carbons (Fsp3) is 0.587. The van der Waals surface area contributed by atoms with Gasteiger partial charge in [0.05, 0.1) is 42.9 Å². The van der Waals surface area contributed by atoms with Gasteiger partial charge in [0.2, 0.25) is 0 Å². The van der Waals surface area contributed by atoms with Gasteiger partial charge in [0, 0.05) is 46.3 Å². The highest BCUT2D eigenvalue weighted by atomic mass is 32.2. The van der Waals surface area contributed by atoms with Crippen LogP contribution in [-0.2, 0) is 57.2 Å². The largest absolute Gasteiger partial charge is 0.465 e. The van der Waals surface area contributed by atoms with Gasteiger partial charge in [-0.2, -0.15) is 61.4 Å². The average molecular weight is 989 g/mol. The normalized spacial score (nSPS) is 11.5. The summed E-state index contributed by atoms with van der Waals surface area (Å²) in [6.07, 6.45) is 7.10. The predicted molar refractivity (Wildman–Crippen MR) is 264 cm³/mol. The lowest BCUT2D eigenvalue weighted by molar-refractivity contribution is -0.164. The molecule has 0 aliphatic carbocycles. The Hall–Kier alpha value is -3.32. The molecule has 0 N–H and O–H groups in total. The van der Waals surface area contributed by atoms with Crippen LogP contribution in [0.25, 0.3) is 0 Å². The number of hydrogen-bond donors (Lipinski definition) is 3. The quantitative estimate of drug-likeness (QED) is 0.0296. The molecule has 0 saturated carbocycles. The zero-order valence-electron chi connectivity index (χ0n) is 37.9. The van der Waals surface area contributed by atoms with Crippen molar-refractivity contribution in [3.63, 3.8) is 0 Å². The first kappa shape index (κ1) is 60.7. The Kier molecular flexibility index (Phi) is 35.9. The summed E-state index contributed by atoms with van der Waals surface area (Å²) in [7, 11) is 0. The molecule has 2 rings (SSSR count). The molecule has 1 unspecified atom stereocenters. The third-order valence-corrected chi connectivity index (χ3v) is 11.1. The van der Waals surface area contributed by atoms with Crippen LogP contribution in [0.2, 0.25) is 0 Å². The van der Waals surface area contributed by atoms with Crippen molar-refractivity contribution in [2.24, 2.45) is 10.8 Å². The summed E-state index contributed by atoms with van der Waals surface area (Å²) in [5, 5.41) is 0. The van der Waals surface area contributed by atoms with E-state index in [1.807, 2.05) is 93.9 Å². The molecule has 0 aromatic heterocycles. The van der Waals surface area contributed by atoms with Crippen LogP contribution in [0, 0.1) is 10.8 Å². The van der Waals surface area contributed by atoms with Gasteiger partial charge >= 0.3 is 35.8 Å². The van der Waals surface area contributed by atoms with Crippen molar-refractivity contribution in [3.05, 3.63) is 71.8 Å². The number of ketones is 1. The summed E-state index contributed by atoms with van der Waals surface area (Å²) in [4.78, 5) is 82.0. The van der Waals surface area contributed by atoms with Gasteiger partial charge in [-0.05, 0) is 31.8 Å². The standard InChI is InChI=1S/C17H30O6S2.C16H28O6S3.C13H10O/c1-4-6-14(18)21-11-17(5-2,12-22-15(19)7-9-24)13-23-16(20)8-10-25-3;1-3-16(10-20-13(17)4-7-23,11-21-14(18)5-8-24)12-22-15(19)6-9-25-2;14-13(11-7-3-1-4-8-11)12-9-5-2-6-10-12/h24H,4-13H2,1-3H3;23-24H,3-12H2,1-2H3;1-10H. The molecular formula is C46H68O13S5. The molecule has 0 radical (unpaired) electrons. The molecule has 0 aliphatic heterocycles. The summed E-state index contributed by atoms with van der Waals surface area (Å²) in [6.45, 7) is 5.83. The molecule has 13 nitrogen and oxygen atoms in total. The lowest BCUT2D eigenvalue weighted by atomic mass is 9.88. The number of thiol groups is 3. The van der Waals surface area contributed by atoms with E-state index in [1.165, 1.54) is 0 Å². The summed E-state index contributed by atoms with van der Waals surface area (Å²) in [5.74, 6) is 0.509. The first-order chi connectivity index (χ1) is 30.7. The first-order valence-corrected chi connectivity index (χ1v) is 25.8. The second-order valence-corrected chi connectivity index (χ2v) is 17.7. The lowest BCUT2D eigenvalue weighted by Crippen LogP contribution is -2.39. The molecule has 0 heterocycles. The molecule has 1 atom stereocenters. The van der Waals surface area contributed by atoms with Crippen LogP contribution in [0.3, 0.4) is 0 Å². The van der Waals surface area contributed by atoms with Crippen LogP contribution in [0.4, 0.5) is 0 Å². The Morgan fingerprint density at radius 3 is 0.938 bits per heavy atom. The summed E-state index contributed by atoms with van der Waals surface area (Å²) in [6, 6.07) is 18.6. The maximum absolute atomic E-state index is 11.8. The Labute approximate surface area is 404 Å². The molecule has 18 heteroatoms. The molecule has 360 valence electrons. The Morgan fingerprint density at radius 2 is 0.703 bits per heavy atom. The van der Waals surface area contributed by atoms with Gasteiger partial charge in [0.1, 0.15) is 39.6 Å². The highest BCUT2D eigenvalue weighted by Crippen LogP contribution is 2.26. The van der Waals surface area contributed by atoms with Gasteiger partial charge in [-0.25, -0.2) is 0 Å². The number of carbonyl (C=O) groups excluding carboxylic acids is 7. The van der Waals surface area contributed by atoms with Crippen molar-refractivity contribution in [3.8, 4) is 0 Å². The number of ether oxygens (including phenoxy) is 6. The number of thioether (sulfide) groups is 2. The Balaban J connectivity index is 0.000000964. The lowest BCUT2D eigenvalue weighted by Gasteiger charge is -2.31. The van der Waals surface area contributed by atoms with Crippen molar-refractivity contribution in [1.29, 1.82) is 0 Å². The van der Waals surface area contributed by atoms with E-state index in [-0.39, 0.29) is 101 Å². The Morgan fingerprint density at radius 1 is 0.438 bits per heavy atom. The highest BCUT2D eigenvalue weighted by Gasteiger charge is 2.35. The third-order valence-electron chi connectivity index (χ3n) is 9.23. The predicted octanol–water partition coefficient (Wildman–Crippen LogP) is 8.21. The second-order valence-electron chi connectivity index (χ2n) is 14.4. The van der Waals surface area contributed by atoms with Gasteiger partial charge in [0.15, 0.2) is 5.78 Å². The molecular weight excluding hydrogens is 921 g/mol. The zero-order valence-corrected chi connectivity index (χ0v) is 42.2. The van der Waals surface area contributed by atoms with E-state index < -0.39 is 10.8 Å². The molecule has 0 aliphatic rings. The third kappa shape index (κ3) is 28.6. The summed E-state index contributed by atoms with van der Waals surface area (Å²) >= 11 is 15.1. The van der Waals surface area contributed by atoms with Crippen LogP contribution in [0.5, 0.6) is 0 Å². The van der Waals surface area contributed by atoms with E-state index in [0.29, 0.717) is 67.3 Å². The fourth-order valence-corrected chi connectivity index (χ4v) is 6.18. The number of esters is 6. The minimum absolute atomic E-state index is 0.0140. The van der Waals surface area contributed by atoms with E-state index in [0.717, 1.165) is 11.1 Å². The average Bonchev–Trinajstić information content (AvgIpc) is 3.31. The minimum Gasteiger partial charge on any atom is -0.465 e. The van der Waals surface area contributed by atoms with Crippen molar-refractivity contribution >= 4 is 103 Å². The zero-order chi connectivity index (χ0) is 48.1. The van der Waals surface area contributed by atoms with Crippen LogP contribution in [-0.4, -0.2) is 123 Å². The van der Waals surface area contributed by atoms with Crippen molar-refractivity contribution in [2.75, 3.05) is 80.9 Å². The summed E-state index contributed by atoms with van der Waals surface area (Å²) in [5.41, 5.74) is -0.0181. The van der Waals surface area contributed by atoms with E-state index in [4.69, 9.17) is 28.4 Å². The van der Waals surface area contributed by atoms with Gasteiger partial charge in [-0.15, -0.1) is 0 Å². The van der Waals surface area contributed by atoms with Crippen molar-refractivity contribution in [1.82, 2.24) is 0 Å². The molecule has 2 aromatic carbocycles. The summed E-state index contributed by atoms with van der Waals surface area (Å²) < 4.78 is 31.7. The Bertz CT molecular complexity index is 1470. The van der Waals surface area contributed by atoms with Gasteiger partial charge in [0.25, 0.3) is 0 Å². The number of carbonyl (C=O) groups is 7. The van der Waals surface area contributed by atoms with Crippen LogP contribution in [0.15, 0.2) is 60.7 Å². The van der Waals surface area contributed by atoms with E-state index in [2.05, 4.69) is 37.9 Å². The molecule has 0 fully saturated rings. The maximum atomic E-state index is 11.8. The van der Waals surface area contributed by atoms with Gasteiger partial charge in [-0.3, -0.25) is 33.6 Å². The number of benzene rings is 2. The number of rotatable bonds is 30. The van der Waals surface area contributed by atoms with E-state index in [1.54, 1.807) is 23.5 Å². The maximum Gasteiger partial charge on any atom is 0.306 e. The minimum atomic E-state index is -0.756. The molecule has 64 heavy (non-hydrogen) atoms. The number of hydrogen-bond acceptors (Lipinski definition) is 18. The molecule has 0 spiro atoms. The molecule has 0 saturated heterocycles. The second kappa shape index (κ2) is 37.9. The van der Waals surface area contributed by atoms with Crippen LogP contribution < -0.4 is 0 Å². The highest BCUT2D eigenvalue weighted by molar-refractivity contribution is 7.98. The van der Waals surface area contributed by atoms with Gasteiger partial charge in [-0.1, -0.05) is 81.4 Å². The monoisotopic (exact) mass is 988 g/mol. The molecule has 2 aromatic rings. The van der Waals surface area contributed by atoms with Crippen molar-refractivity contribution < 1.29 is 62.0 Å². The first-order valence-electron chi connectivity index (χ1n) is 21.1. The topological polar surface area (TPSA) is 175 Å². The van der Waals surface area contributed by atoms with Crippen molar-refractivity contribution in [2.45, 2.75) is 78.6 Å². The van der Waals surface area contributed by atoms with E-state index in [9.17, 15) is 33.6 Å². The SMILES string of the molecule is CCC(COC(=O)CCS)(COC(=O)CCS)COC(=O)CCSC.CCCC(=O)OCC(CC)(COC(=O)CCS)COC(=O)CCSC.O=C(c1ccccc1)c1ccccc1. The van der Waals surface area contributed by atoms with E-state index >= 15 is 0 Å². The molecule has 0 bridgehead atoms. The van der Waals surface area contributed by atoms with Crippen LogP contribution >= 0.6 is 61.4 Å². The molecule has 0 amide bonds.